The van der Waals surface area contributed by atoms with Gasteiger partial charge in [0.2, 0.25) is 0 Å². The summed E-state index contributed by atoms with van der Waals surface area (Å²) in [5, 5.41) is 34.3. The number of aromatic nitrogens is 3. The molecule has 45 heavy (non-hydrogen) atoms. The van der Waals surface area contributed by atoms with Crippen LogP contribution in [0.1, 0.15) is 0 Å². The standard InChI is InChI=1S/C9H4Br2N2O2.C9H5BrN2O2.C9H6N2O2.BHNS/c10-6-1-5-2-7(11)4-12-9(5)8(3-6)13(14)15;10-7-4-6-2-1-3-8(12(13)14)9(6)11-5-7;12-11(13)8-5-1-3-7-4-2-6-10-9(7)8;1-2-3/h1-4H;1-5H;1-6H;3H. The molecular formula is C27H16BBr3N7O6S. The van der Waals surface area contributed by atoms with Crippen LogP contribution >= 0.6 is 60.6 Å². The Morgan fingerprint density at radius 1 is 0.600 bits per heavy atom. The normalized spacial score (nSPS) is 9.93. The quantitative estimate of drug-likeness (QED) is 0.0790. The molecule has 1 radical (unpaired) electrons. The van der Waals surface area contributed by atoms with Gasteiger partial charge in [0.05, 0.1) is 14.8 Å². The number of para-hydroxylation sites is 2. The fraction of sp³-hybridized carbons (Fsp3) is 0. The van der Waals surface area contributed by atoms with Gasteiger partial charge in [0, 0.05) is 66.4 Å². The Morgan fingerprint density at radius 3 is 1.56 bits per heavy atom. The van der Waals surface area contributed by atoms with Crippen LogP contribution in [0.4, 0.5) is 17.1 Å². The predicted molar refractivity (Wildman–Crippen MR) is 185 cm³/mol. The Hall–Kier alpha value is -4.26. The van der Waals surface area contributed by atoms with Crippen LogP contribution in [0.3, 0.4) is 0 Å². The van der Waals surface area contributed by atoms with E-state index in [0.29, 0.717) is 21.0 Å². The summed E-state index contributed by atoms with van der Waals surface area (Å²) in [7, 11) is 4.34. The van der Waals surface area contributed by atoms with Gasteiger partial charge >= 0.3 is 24.8 Å². The van der Waals surface area contributed by atoms with Crippen LogP contribution in [0.25, 0.3) is 32.7 Å². The molecule has 0 aliphatic heterocycles. The molecule has 6 aromatic rings. The SMILES string of the molecule is O=[N+]([O-])c1cc(Br)cc2cc(Br)cnc12.O=[N+]([O-])c1cccc2cc(Br)cnc12.O=[N+]([O-])c1cccc2cccnc12.[B]=NS. The Balaban J connectivity index is 0.000000177. The van der Waals surface area contributed by atoms with Crippen molar-refractivity contribution in [3.63, 3.8) is 0 Å². The second kappa shape index (κ2) is 16.7. The molecule has 0 saturated carbocycles. The molecule has 0 spiro atoms. The van der Waals surface area contributed by atoms with Crippen molar-refractivity contribution in [1.29, 1.82) is 0 Å². The summed E-state index contributed by atoms with van der Waals surface area (Å²) in [6.45, 7) is 0. The van der Waals surface area contributed by atoms with E-state index >= 15 is 0 Å². The number of hydrogen-bond acceptors (Lipinski definition) is 11. The van der Waals surface area contributed by atoms with E-state index in [4.69, 9.17) is 0 Å². The summed E-state index contributed by atoms with van der Waals surface area (Å²) in [4.78, 5) is 42.7. The maximum absolute atomic E-state index is 10.8. The van der Waals surface area contributed by atoms with E-state index in [0.717, 1.165) is 25.1 Å². The fourth-order valence-corrected chi connectivity index (χ4v) is 4.97. The van der Waals surface area contributed by atoms with E-state index in [-0.39, 0.29) is 17.1 Å². The van der Waals surface area contributed by atoms with Gasteiger partial charge in [-0.15, -0.1) is 0 Å². The number of nitrogens with zero attached hydrogens (tertiary/aromatic N) is 7. The number of thiol groups is 1. The van der Waals surface area contributed by atoms with Crippen LogP contribution in [-0.2, 0) is 0 Å². The number of halogens is 3. The van der Waals surface area contributed by atoms with Gasteiger partial charge in [-0.3, -0.25) is 30.3 Å². The van der Waals surface area contributed by atoms with Crippen molar-refractivity contribution in [3.8, 4) is 0 Å². The van der Waals surface area contributed by atoms with E-state index in [1.807, 2.05) is 0 Å². The second-order valence-electron chi connectivity index (χ2n) is 8.39. The third-order valence-electron chi connectivity index (χ3n) is 5.55. The van der Waals surface area contributed by atoms with E-state index in [9.17, 15) is 30.3 Å². The van der Waals surface area contributed by atoms with E-state index in [2.05, 4.69) is 87.5 Å². The van der Waals surface area contributed by atoms with Gasteiger partial charge < -0.3 is 0 Å². The monoisotopic (exact) mass is 814 g/mol. The number of rotatable bonds is 3. The summed E-state index contributed by atoms with van der Waals surface area (Å²) < 4.78 is 4.97. The number of non-ortho nitro benzene ring substituents is 3. The van der Waals surface area contributed by atoms with E-state index in [1.165, 1.54) is 18.2 Å². The number of pyridine rings is 3. The van der Waals surface area contributed by atoms with Crippen LogP contribution in [0.5, 0.6) is 0 Å². The number of fused-ring (bicyclic) bond motifs is 3. The first-order valence-electron chi connectivity index (χ1n) is 12.1. The minimum absolute atomic E-state index is 0.00637. The maximum atomic E-state index is 10.8. The third kappa shape index (κ3) is 9.61. The molecule has 0 aliphatic carbocycles. The summed E-state index contributed by atoms with van der Waals surface area (Å²) in [5.74, 6) is 0. The first-order valence-corrected chi connectivity index (χ1v) is 14.8. The average Bonchev–Trinajstić information content (AvgIpc) is 3.00. The van der Waals surface area contributed by atoms with Crippen molar-refractivity contribution >= 4 is 118 Å². The fourth-order valence-electron chi connectivity index (χ4n) is 3.81. The van der Waals surface area contributed by atoms with Crippen LogP contribution in [0.2, 0.25) is 0 Å². The Bertz CT molecular complexity index is 2050. The first-order chi connectivity index (χ1) is 21.5. The van der Waals surface area contributed by atoms with Crippen molar-refractivity contribution in [3.05, 3.63) is 135 Å². The summed E-state index contributed by atoms with van der Waals surface area (Å²) in [6.07, 6.45) is 4.65. The first kappa shape index (κ1) is 35.2. The Labute approximate surface area is 285 Å². The van der Waals surface area contributed by atoms with Crippen molar-refractivity contribution in [2.75, 3.05) is 0 Å². The Morgan fingerprint density at radius 2 is 1.02 bits per heavy atom. The van der Waals surface area contributed by atoms with Crippen LogP contribution in [-0.4, -0.2) is 37.4 Å². The predicted octanol–water partition coefficient (Wildman–Crippen LogP) is 8.90. The molecule has 0 aliphatic rings. The Kier molecular flexibility index (Phi) is 13.1. The van der Waals surface area contributed by atoms with Gasteiger partial charge in [-0.1, -0.05) is 46.3 Å². The topological polar surface area (TPSA) is 180 Å². The molecule has 225 valence electrons. The van der Waals surface area contributed by atoms with Gasteiger partial charge in [-0.2, -0.15) is 0 Å². The van der Waals surface area contributed by atoms with Gasteiger partial charge in [0.25, 0.3) is 17.1 Å². The molecule has 3 aromatic heterocycles. The molecule has 0 saturated heterocycles. The zero-order valence-electron chi connectivity index (χ0n) is 22.4. The number of nitro groups is 3. The second-order valence-corrected chi connectivity index (χ2v) is 11.4. The number of hydrogen-bond donors (Lipinski definition) is 1. The van der Waals surface area contributed by atoms with E-state index in [1.54, 1.807) is 73.2 Å². The van der Waals surface area contributed by atoms with Crippen LogP contribution in [0, 0.1) is 30.3 Å². The molecule has 13 nitrogen and oxygen atoms in total. The summed E-state index contributed by atoms with van der Waals surface area (Å²) in [5.41, 5.74) is 1.35. The molecule has 0 N–H and O–H groups in total. The van der Waals surface area contributed by atoms with E-state index < -0.39 is 14.8 Å². The average molecular weight is 817 g/mol. The third-order valence-corrected chi connectivity index (χ3v) is 6.88. The van der Waals surface area contributed by atoms with Crippen molar-refractivity contribution in [2.24, 2.45) is 4.30 Å². The molecule has 0 amide bonds. The summed E-state index contributed by atoms with van der Waals surface area (Å²) in [6, 6.07) is 20.2. The van der Waals surface area contributed by atoms with Crippen LogP contribution in [0.15, 0.2) is 109 Å². The molecule has 18 heteroatoms. The van der Waals surface area contributed by atoms with Crippen LogP contribution < -0.4 is 0 Å². The molecule has 0 atom stereocenters. The zero-order valence-corrected chi connectivity index (χ0v) is 28.1. The van der Waals surface area contributed by atoms with Gasteiger partial charge in [0.1, 0.15) is 16.6 Å². The molecular weight excluding hydrogens is 801 g/mol. The van der Waals surface area contributed by atoms with Gasteiger partial charge in [-0.25, -0.2) is 15.0 Å². The van der Waals surface area contributed by atoms with Crippen molar-refractivity contribution in [1.82, 2.24) is 15.0 Å². The van der Waals surface area contributed by atoms with Gasteiger partial charge in [0.15, 0.2) is 0 Å². The zero-order chi connectivity index (χ0) is 33.1. The molecule has 0 fully saturated rings. The van der Waals surface area contributed by atoms with Crippen molar-refractivity contribution in [2.45, 2.75) is 0 Å². The molecule has 0 bridgehead atoms. The molecule has 6 rings (SSSR count). The number of nitro benzene ring substituents is 3. The van der Waals surface area contributed by atoms with Gasteiger partial charge in [-0.05, 0) is 56.1 Å². The van der Waals surface area contributed by atoms with Crippen molar-refractivity contribution < 1.29 is 14.8 Å². The summed E-state index contributed by atoms with van der Waals surface area (Å²) >= 11 is 13.0. The molecule has 0 unspecified atom stereocenters. The molecule has 3 heterocycles. The molecule has 3 aromatic carbocycles. The minimum atomic E-state index is -0.437. The number of benzene rings is 3.